The molecule has 0 aromatic rings. The third-order valence-corrected chi connectivity index (χ3v) is 5.52. The van der Waals surface area contributed by atoms with Crippen LogP contribution in [0.15, 0.2) is 0 Å². The monoisotopic (exact) mass is 280 g/mol. The minimum Gasteiger partial charge on any atom is -0.393 e. The van der Waals surface area contributed by atoms with Gasteiger partial charge in [0.2, 0.25) is 5.91 Å². The van der Waals surface area contributed by atoms with Gasteiger partial charge in [0, 0.05) is 38.0 Å². The fraction of sp³-hybridized carbons (Fsp3) is 0.938. The Labute approximate surface area is 122 Å². The van der Waals surface area contributed by atoms with Crippen LogP contribution in [0, 0.1) is 5.92 Å². The summed E-state index contributed by atoms with van der Waals surface area (Å²) in [5.74, 6) is 0.805. The van der Waals surface area contributed by atoms with Crippen LogP contribution in [0.2, 0.25) is 0 Å². The second kappa shape index (κ2) is 6.44. The molecule has 2 saturated heterocycles. The molecule has 1 amide bonds. The minimum absolute atomic E-state index is 0.0947. The van der Waals surface area contributed by atoms with E-state index in [1.807, 2.05) is 4.90 Å². The molecule has 0 aromatic carbocycles. The van der Waals surface area contributed by atoms with Crippen molar-refractivity contribution in [2.45, 2.75) is 63.5 Å². The van der Waals surface area contributed by atoms with Crippen LogP contribution in [0.25, 0.3) is 0 Å². The molecule has 0 bridgehead atoms. The summed E-state index contributed by atoms with van der Waals surface area (Å²) < 4.78 is 0. The van der Waals surface area contributed by atoms with Crippen molar-refractivity contribution in [3.63, 3.8) is 0 Å². The van der Waals surface area contributed by atoms with E-state index in [4.69, 9.17) is 0 Å². The summed E-state index contributed by atoms with van der Waals surface area (Å²) in [6.07, 6.45) is 8.79. The Morgan fingerprint density at radius 3 is 2.60 bits per heavy atom. The predicted octanol–water partition coefficient (Wildman–Crippen LogP) is 1.62. The average Bonchev–Trinajstić information content (AvgIpc) is 3.06. The smallest absolute Gasteiger partial charge is 0.222 e. The fourth-order valence-corrected chi connectivity index (χ4v) is 4.39. The number of rotatable bonds is 4. The van der Waals surface area contributed by atoms with Crippen molar-refractivity contribution in [2.24, 2.45) is 5.92 Å². The van der Waals surface area contributed by atoms with Crippen molar-refractivity contribution in [3.05, 3.63) is 0 Å². The number of carbonyl (C=O) groups excluding carboxylic acids is 1. The van der Waals surface area contributed by atoms with Crippen molar-refractivity contribution in [1.29, 1.82) is 0 Å². The molecular formula is C16H28N2O2. The van der Waals surface area contributed by atoms with Crippen LogP contribution < -0.4 is 0 Å². The normalized spacial score (nSPS) is 36.0. The summed E-state index contributed by atoms with van der Waals surface area (Å²) in [6.45, 7) is 3.98. The molecule has 114 valence electrons. The highest BCUT2D eigenvalue weighted by molar-refractivity contribution is 5.78. The molecule has 4 heteroatoms. The molecule has 0 spiro atoms. The number of amides is 1. The van der Waals surface area contributed by atoms with E-state index in [9.17, 15) is 9.90 Å². The first-order chi connectivity index (χ1) is 9.75. The molecule has 2 heterocycles. The minimum atomic E-state index is -0.0947. The van der Waals surface area contributed by atoms with Gasteiger partial charge in [-0.15, -0.1) is 0 Å². The van der Waals surface area contributed by atoms with Gasteiger partial charge in [-0.05, 0) is 38.6 Å². The molecule has 3 aliphatic rings. The third-order valence-electron chi connectivity index (χ3n) is 5.52. The molecule has 2 aliphatic heterocycles. The average molecular weight is 280 g/mol. The Hall–Kier alpha value is -0.610. The molecule has 0 aromatic heterocycles. The Bertz CT molecular complexity index is 347. The topological polar surface area (TPSA) is 43.8 Å². The highest BCUT2D eigenvalue weighted by atomic mass is 16.3. The molecule has 0 radical (unpaired) electrons. The second-order valence-electron chi connectivity index (χ2n) is 6.75. The molecule has 0 unspecified atom stereocenters. The molecule has 20 heavy (non-hydrogen) atoms. The van der Waals surface area contributed by atoms with Gasteiger partial charge in [0.1, 0.15) is 0 Å². The summed E-state index contributed by atoms with van der Waals surface area (Å²) >= 11 is 0. The van der Waals surface area contributed by atoms with Crippen LogP contribution in [0.4, 0.5) is 0 Å². The second-order valence-corrected chi connectivity index (χ2v) is 6.75. The zero-order valence-corrected chi connectivity index (χ0v) is 12.5. The molecular weight excluding hydrogens is 252 g/mol. The molecule has 3 fully saturated rings. The molecule has 4 nitrogen and oxygen atoms in total. The van der Waals surface area contributed by atoms with Gasteiger partial charge in [0.05, 0.1) is 6.10 Å². The van der Waals surface area contributed by atoms with Gasteiger partial charge < -0.3 is 10.0 Å². The lowest BCUT2D eigenvalue weighted by molar-refractivity contribution is -0.128. The van der Waals surface area contributed by atoms with Gasteiger partial charge in [-0.1, -0.05) is 12.8 Å². The Morgan fingerprint density at radius 2 is 1.85 bits per heavy atom. The van der Waals surface area contributed by atoms with E-state index in [1.165, 1.54) is 32.1 Å². The van der Waals surface area contributed by atoms with Crippen molar-refractivity contribution in [3.8, 4) is 0 Å². The maximum absolute atomic E-state index is 11.7. The van der Waals surface area contributed by atoms with E-state index in [0.717, 1.165) is 45.4 Å². The fourth-order valence-electron chi connectivity index (χ4n) is 4.39. The lowest BCUT2D eigenvalue weighted by atomic mass is 9.80. The zero-order chi connectivity index (χ0) is 13.9. The van der Waals surface area contributed by atoms with Crippen LogP contribution in [-0.2, 0) is 4.79 Å². The largest absolute Gasteiger partial charge is 0.393 e. The van der Waals surface area contributed by atoms with Crippen LogP contribution in [0.3, 0.4) is 0 Å². The zero-order valence-electron chi connectivity index (χ0n) is 12.5. The molecule has 1 N–H and O–H groups in total. The number of hydrogen-bond donors (Lipinski definition) is 1. The number of likely N-dealkylation sites (tertiary alicyclic amines) is 2. The van der Waals surface area contributed by atoms with E-state index in [1.54, 1.807) is 0 Å². The SMILES string of the molecule is O=C1CCCN1CCN1CCC[C@@H]1[C@@H]1CCCC[C@@H]1O. The van der Waals surface area contributed by atoms with Gasteiger partial charge in [0.15, 0.2) is 0 Å². The van der Waals surface area contributed by atoms with Gasteiger partial charge in [-0.2, -0.15) is 0 Å². The highest BCUT2D eigenvalue weighted by Gasteiger charge is 2.36. The van der Waals surface area contributed by atoms with Gasteiger partial charge >= 0.3 is 0 Å². The Kier molecular flexibility index (Phi) is 4.61. The number of nitrogens with zero attached hydrogens (tertiary/aromatic N) is 2. The van der Waals surface area contributed by atoms with E-state index in [0.29, 0.717) is 17.9 Å². The Morgan fingerprint density at radius 1 is 1.00 bits per heavy atom. The predicted molar refractivity (Wildman–Crippen MR) is 78.4 cm³/mol. The molecule has 1 saturated carbocycles. The van der Waals surface area contributed by atoms with E-state index < -0.39 is 0 Å². The van der Waals surface area contributed by atoms with Gasteiger partial charge in [-0.25, -0.2) is 0 Å². The van der Waals surface area contributed by atoms with Crippen molar-refractivity contribution in [1.82, 2.24) is 9.80 Å². The summed E-state index contributed by atoms with van der Waals surface area (Å²) in [5, 5.41) is 10.3. The number of hydrogen-bond acceptors (Lipinski definition) is 3. The first kappa shape index (κ1) is 14.3. The van der Waals surface area contributed by atoms with Crippen LogP contribution in [-0.4, -0.2) is 59.1 Å². The summed E-state index contributed by atoms with van der Waals surface area (Å²) in [5.41, 5.74) is 0. The number of carbonyl (C=O) groups is 1. The number of aliphatic hydroxyl groups excluding tert-OH is 1. The van der Waals surface area contributed by atoms with Crippen molar-refractivity contribution < 1.29 is 9.90 Å². The maximum atomic E-state index is 11.7. The summed E-state index contributed by atoms with van der Waals surface area (Å²) in [4.78, 5) is 16.2. The first-order valence-corrected chi connectivity index (χ1v) is 8.45. The lowest BCUT2D eigenvalue weighted by Crippen LogP contribution is -2.45. The van der Waals surface area contributed by atoms with Gasteiger partial charge in [-0.3, -0.25) is 9.69 Å². The molecule has 1 aliphatic carbocycles. The summed E-state index contributed by atoms with van der Waals surface area (Å²) in [6, 6.07) is 0.558. The molecule has 3 atom stereocenters. The standard InChI is InChI=1S/C16H28N2O2/c19-15-7-2-1-5-13(15)14-6-3-9-17(14)11-12-18-10-4-8-16(18)20/h13-15,19H,1-12H2/t13-,14+,15-/m0/s1. The van der Waals surface area contributed by atoms with Crippen LogP contribution >= 0.6 is 0 Å². The maximum Gasteiger partial charge on any atom is 0.222 e. The lowest BCUT2D eigenvalue weighted by Gasteiger charge is -2.37. The van der Waals surface area contributed by atoms with Crippen molar-refractivity contribution >= 4 is 5.91 Å². The van der Waals surface area contributed by atoms with Gasteiger partial charge in [0.25, 0.3) is 0 Å². The van der Waals surface area contributed by atoms with E-state index in [-0.39, 0.29) is 6.10 Å². The summed E-state index contributed by atoms with van der Waals surface area (Å²) in [7, 11) is 0. The Balaban J connectivity index is 1.53. The first-order valence-electron chi connectivity index (χ1n) is 8.45. The number of aliphatic hydroxyl groups is 1. The molecule has 3 rings (SSSR count). The van der Waals surface area contributed by atoms with E-state index in [2.05, 4.69) is 4.90 Å². The van der Waals surface area contributed by atoms with Crippen LogP contribution in [0.1, 0.15) is 51.4 Å². The third kappa shape index (κ3) is 3.01. The quantitative estimate of drug-likeness (QED) is 0.851. The highest BCUT2D eigenvalue weighted by Crippen LogP contribution is 2.34. The van der Waals surface area contributed by atoms with E-state index >= 15 is 0 Å². The van der Waals surface area contributed by atoms with Crippen molar-refractivity contribution in [2.75, 3.05) is 26.2 Å². The van der Waals surface area contributed by atoms with Crippen LogP contribution in [0.5, 0.6) is 0 Å².